The van der Waals surface area contributed by atoms with Crippen LogP contribution in [-0.2, 0) is 0 Å². The smallest absolute Gasteiger partial charge is 0.146 e. The Morgan fingerprint density at radius 3 is 2.80 bits per heavy atom. The van der Waals surface area contributed by atoms with Crippen molar-refractivity contribution < 1.29 is 0 Å². The van der Waals surface area contributed by atoms with Crippen LogP contribution in [0, 0.1) is 11.3 Å². The average Bonchev–Trinajstić information content (AvgIpc) is 2.30. The molecule has 1 aromatic rings. The van der Waals surface area contributed by atoms with E-state index in [-0.39, 0.29) is 12.4 Å². The molecule has 15 heavy (non-hydrogen) atoms. The summed E-state index contributed by atoms with van der Waals surface area (Å²) in [5.74, 6) is 0.816. The van der Waals surface area contributed by atoms with Gasteiger partial charge in [0.25, 0.3) is 0 Å². The monoisotopic (exact) mass is 224 g/mol. The summed E-state index contributed by atoms with van der Waals surface area (Å²) in [5, 5.41) is 12.2. The van der Waals surface area contributed by atoms with Crippen molar-refractivity contribution in [3.05, 3.63) is 23.9 Å². The molecule has 0 bridgehead atoms. The standard InChI is InChI=1S/C10H12N4.ClH/c11-8-9-2-1-3-13-10(9)14-6-4-12-5-7-14;/h1-3,12H,4-7H2;1H. The zero-order valence-electron chi connectivity index (χ0n) is 8.31. The van der Waals surface area contributed by atoms with Gasteiger partial charge in [0.2, 0.25) is 0 Å². The molecular formula is C10H13ClN4. The van der Waals surface area contributed by atoms with Crippen molar-refractivity contribution in [1.29, 1.82) is 5.26 Å². The number of nitriles is 1. The molecule has 0 unspecified atom stereocenters. The Morgan fingerprint density at radius 2 is 2.13 bits per heavy atom. The largest absolute Gasteiger partial charge is 0.353 e. The highest BCUT2D eigenvalue weighted by molar-refractivity contribution is 5.85. The fourth-order valence-electron chi connectivity index (χ4n) is 1.61. The predicted molar refractivity (Wildman–Crippen MR) is 61.3 cm³/mol. The van der Waals surface area contributed by atoms with Gasteiger partial charge in [0.1, 0.15) is 11.9 Å². The molecular weight excluding hydrogens is 212 g/mol. The summed E-state index contributed by atoms with van der Waals surface area (Å²) in [5.41, 5.74) is 0.661. The molecule has 1 aromatic heterocycles. The van der Waals surface area contributed by atoms with Gasteiger partial charge in [-0.2, -0.15) is 5.26 Å². The molecule has 1 aliphatic heterocycles. The van der Waals surface area contributed by atoms with E-state index in [0.29, 0.717) is 5.56 Å². The van der Waals surface area contributed by atoms with Crippen molar-refractivity contribution in [1.82, 2.24) is 10.3 Å². The van der Waals surface area contributed by atoms with Crippen LogP contribution in [0.2, 0.25) is 0 Å². The van der Waals surface area contributed by atoms with E-state index >= 15 is 0 Å². The van der Waals surface area contributed by atoms with Gasteiger partial charge in [-0.05, 0) is 12.1 Å². The fraction of sp³-hybridized carbons (Fsp3) is 0.400. The first kappa shape index (κ1) is 11.8. The van der Waals surface area contributed by atoms with Crippen LogP contribution in [0.1, 0.15) is 5.56 Å². The first-order chi connectivity index (χ1) is 6.92. The van der Waals surface area contributed by atoms with Crippen LogP contribution in [0.4, 0.5) is 5.82 Å². The molecule has 0 atom stereocenters. The number of hydrogen-bond donors (Lipinski definition) is 1. The van der Waals surface area contributed by atoms with Crippen LogP contribution < -0.4 is 10.2 Å². The number of aromatic nitrogens is 1. The molecule has 4 nitrogen and oxygen atoms in total. The highest BCUT2D eigenvalue weighted by atomic mass is 35.5. The van der Waals surface area contributed by atoms with E-state index in [1.165, 1.54) is 0 Å². The number of nitrogens with one attached hydrogen (secondary N) is 1. The highest BCUT2D eigenvalue weighted by Crippen LogP contribution is 2.15. The van der Waals surface area contributed by atoms with Gasteiger partial charge in [0, 0.05) is 32.4 Å². The van der Waals surface area contributed by atoms with E-state index in [9.17, 15) is 0 Å². The topological polar surface area (TPSA) is 52.0 Å². The van der Waals surface area contributed by atoms with Crippen molar-refractivity contribution in [3.63, 3.8) is 0 Å². The minimum Gasteiger partial charge on any atom is -0.353 e. The van der Waals surface area contributed by atoms with Gasteiger partial charge in [0.15, 0.2) is 0 Å². The third kappa shape index (κ3) is 2.58. The van der Waals surface area contributed by atoms with E-state index in [2.05, 4.69) is 21.3 Å². The van der Waals surface area contributed by atoms with Gasteiger partial charge in [-0.1, -0.05) is 0 Å². The van der Waals surface area contributed by atoms with E-state index in [4.69, 9.17) is 5.26 Å². The van der Waals surface area contributed by atoms with Gasteiger partial charge < -0.3 is 10.2 Å². The van der Waals surface area contributed by atoms with Gasteiger partial charge >= 0.3 is 0 Å². The first-order valence-electron chi connectivity index (χ1n) is 4.72. The van der Waals surface area contributed by atoms with Crippen molar-refractivity contribution >= 4 is 18.2 Å². The Bertz CT molecular complexity index is 355. The minimum absolute atomic E-state index is 0. The van der Waals surface area contributed by atoms with Gasteiger partial charge in [-0.15, -0.1) is 12.4 Å². The molecule has 0 aliphatic carbocycles. The molecule has 0 radical (unpaired) electrons. The minimum atomic E-state index is 0. The second-order valence-electron chi connectivity index (χ2n) is 3.22. The Kier molecular flexibility index (Phi) is 4.35. The Hall–Kier alpha value is -1.31. The summed E-state index contributed by atoms with van der Waals surface area (Å²) in [6, 6.07) is 5.77. The number of rotatable bonds is 1. The normalized spacial score (nSPS) is 15.3. The third-order valence-corrected chi connectivity index (χ3v) is 2.32. The quantitative estimate of drug-likeness (QED) is 0.766. The van der Waals surface area contributed by atoms with Crippen molar-refractivity contribution in [2.75, 3.05) is 31.1 Å². The molecule has 80 valence electrons. The lowest BCUT2D eigenvalue weighted by Gasteiger charge is -2.28. The van der Waals surface area contributed by atoms with E-state index in [1.54, 1.807) is 12.3 Å². The van der Waals surface area contributed by atoms with E-state index in [0.717, 1.165) is 32.0 Å². The summed E-state index contributed by atoms with van der Waals surface area (Å²) < 4.78 is 0. The van der Waals surface area contributed by atoms with Gasteiger partial charge in [-0.25, -0.2) is 4.98 Å². The van der Waals surface area contributed by atoms with Crippen LogP contribution in [0.15, 0.2) is 18.3 Å². The number of hydrogen-bond acceptors (Lipinski definition) is 4. The second-order valence-corrected chi connectivity index (χ2v) is 3.22. The zero-order valence-corrected chi connectivity index (χ0v) is 9.13. The van der Waals surface area contributed by atoms with Crippen molar-refractivity contribution in [2.45, 2.75) is 0 Å². The maximum absolute atomic E-state index is 8.92. The Morgan fingerprint density at radius 1 is 1.40 bits per heavy atom. The molecule has 0 amide bonds. The molecule has 0 spiro atoms. The maximum Gasteiger partial charge on any atom is 0.146 e. The molecule has 1 aliphatic rings. The average molecular weight is 225 g/mol. The van der Waals surface area contributed by atoms with Crippen LogP contribution in [-0.4, -0.2) is 31.2 Å². The van der Waals surface area contributed by atoms with Gasteiger partial charge in [0.05, 0.1) is 5.56 Å². The molecule has 1 fully saturated rings. The van der Waals surface area contributed by atoms with E-state index in [1.807, 2.05) is 6.07 Å². The summed E-state index contributed by atoms with van der Waals surface area (Å²) >= 11 is 0. The molecule has 0 saturated carbocycles. The fourth-order valence-corrected chi connectivity index (χ4v) is 1.61. The lowest BCUT2D eigenvalue weighted by Crippen LogP contribution is -2.44. The van der Waals surface area contributed by atoms with Gasteiger partial charge in [-0.3, -0.25) is 0 Å². The Labute approximate surface area is 95.3 Å². The molecule has 1 N–H and O–H groups in total. The van der Waals surface area contributed by atoms with Crippen molar-refractivity contribution in [2.24, 2.45) is 0 Å². The molecule has 2 rings (SSSR count). The SMILES string of the molecule is Cl.N#Cc1cccnc1N1CCNCC1. The number of piperazine rings is 1. The van der Waals surface area contributed by atoms with Crippen LogP contribution in [0.5, 0.6) is 0 Å². The lowest BCUT2D eigenvalue weighted by atomic mass is 10.2. The van der Waals surface area contributed by atoms with Crippen LogP contribution in [0.3, 0.4) is 0 Å². The second kappa shape index (κ2) is 5.54. The number of nitrogens with zero attached hydrogens (tertiary/aromatic N) is 3. The summed E-state index contributed by atoms with van der Waals surface area (Å²) in [7, 11) is 0. The maximum atomic E-state index is 8.92. The Balaban J connectivity index is 0.00000112. The van der Waals surface area contributed by atoms with Crippen LogP contribution >= 0.6 is 12.4 Å². The number of pyridine rings is 1. The summed E-state index contributed by atoms with van der Waals surface area (Å²) in [6.07, 6.45) is 1.73. The molecule has 1 saturated heterocycles. The number of halogens is 1. The van der Waals surface area contributed by atoms with Crippen LogP contribution in [0.25, 0.3) is 0 Å². The predicted octanol–water partition coefficient (Wildman–Crippen LogP) is 0.785. The number of anilines is 1. The summed E-state index contributed by atoms with van der Waals surface area (Å²) in [4.78, 5) is 6.40. The molecule has 2 heterocycles. The third-order valence-electron chi connectivity index (χ3n) is 2.32. The van der Waals surface area contributed by atoms with E-state index < -0.39 is 0 Å². The highest BCUT2D eigenvalue weighted by Gasteiger charge is 2.14. The summed E-state index contributed by atoms with van der Waals surface area (Å²) in [6.45, 7) is 3.76. The zero-order chi connectivity index (χ0) is 9.80. The lowest BCUT2D eigenvalue weighted by molar-refractivity contribution is 0.584. The van der Waals surface area contributed by atoms with Crippen molar-refractivity contribution in [3.8, 4) is 6.07 Å². The molecule has 0 aromatic carbocycles. The molecule has 5 heteroatoms. The first-order valence-corrected chi connectivity index (χ1v) is 4.72.